The molecule has 0 aromatic heterocycles. The lowest BCUT2D eigenvalue weighted by molar-refractivity contribution is -0.116. The Balaban J connectivity index is 1.60. The summed E-state index contributed by atoms with van der Waals surface area (Å²) in [7, 11) is 0. The summed E-state index contributed by atoms with van der Waals surface area (Å²) in [5.41, 5.74) is 5.22. The van der Waals surface area contributed by atoms with E-state index >= 15 is 0 Å². The molecule has 3 aromatic carbocycles. The van der Waals surface area contributed by atoms with Crippen LogP contribution in [-0.2, 0) is 17.9 Å². The number of carbonyl (C=O) groups is 1. The molecule has 0 aliphatic heterocycles. The first-order valence-corrected chi connectivity index (χ1v) is 10.4. The summed E-state index contributed by atoms with van der Waals surface area (Å²) in [6.45, 7) is 7.32. The average Bonchev–Trinajstić information content (AvgIpc) is 2.72. The smallest absolute Gasteiger partial charge is 0.224 e. The van der Waals surface area contributed by atoms with Gasteiger partial charge in [-0.15, -0.1) is 0 Å². The topological polar surface area (TPSA) is 50.4 Å². The van der Waals surface area contributed by atoms with E-state index in [1.54, 1.807) is 0 Å². The van der Waals surface area contributed by atoms with Crippen LogP contribution in [0.2, 0.25) is 0 Å². The molecule has 30 heavy (non-hydrogen) atoms. The molecular formula is C26H30N2O2. The van der Waals surface area contributed by atoms with Gasteiger partial charge in [0.2, 0.25) is 5.91 Å². The number of hydrogen-bond acceptors (Lipinski definition) is 3. The molecule has 0 aliphatic carbocycles. The number of nitrogens with one attached hydrogen (secondary N) is 2. The lowest BCUT2D eigenvalue weighted by Gasteiger charge is -2.14. The first kappa shape index (κ1) is 21.4. The van der Waals surface area contributed by atoms with Gasteiger partial charge in [-0.1, -0.05) is 67.9 Å². The van der Waals surface area contributed by atoms with E-state index in [1.165, 1.54) is 5.56 Å². The number of benzene rings is 3. The molecular weight excluding hydrogens is 372 g/mol. The van der Waals surface area contributed by atoms with Gasteiger partial charge in [0.05, 0.1) is 0 Å². The Labute approximate surface area is 179 Å². The molecule has 0 heterocycles. The Hall–Kier alpha value is -3.27. The second-order valence-electron chi connectivity index (χ2n) is 7.96. The van der Waals surface area contributed by atoms with E-state index in [2.05, 4.69) is 47.9 Å². The van der Waals surface area contributed by atoms with Crippen molar-refractivity contribution in [1.82, 2.24) is 0 Å². The van der Waals surface area contributed by atoms with Gasteiger partial charge in [0.15, 0.2) is 0 Å². The fourth-order valence-electron chi connectivity index (χ4n) is 3.12. The van der Waals surface area contributed by atoms with Crippen LogP contribution in [0.4, 0.5) is 11.4 Å². The maximum absolute atomic E-state index is 12.0. The maximum atomic E-state index is 12.0. The van der Waals surface area contributed by atoms with Crippen LogP contribution in [0, 0.1) is 12.8 Å². The molecule has 3 rings (SSSR count). The normalized spacial score (nSPS) is 10.7. The van der Waals surface area contributed by atoms with Gasteiger partial charge in [-0.05, 0) is 42.7 Å². The van der Waals surface area contributed by atoms with E-state index in [0.29, 0.717) is 25.5 Å². The molecule has 0 radical (unpaired) electrons. The lowest BCUT2D eigenvalue weighted by Crippen LogP contribution is -2.14. The van der Waals surface area contributed by atoms with Crippen LogP contribution in [-0.4, -0.2) is 5.91 Å². The van der Waals surface area contributed by atoms with Gasteiger partial charge in [0, 0.05) is 29.9 Å². The largest absolute Gasteiger partial charge is 0.489 e. The van der Waals surface area contributed by atoms with Crippen molar-refractivity contribution >= 4 is 17.3 Å². The van der Waals surface area contributed by atoms with Crippen LogP contribution >= 0.6 is 0 Å². The SMILES string of the molecule is Cc1ccc(COc2ccccc2CNc2cccc(NC(=O)CC(C)C)c2)cc1. The van der Waals surface area contributed by atoms with Crippen molar-refractivity contribution < 1.29 is 9.53 Å². The van der Waals surface area contributed by atoms with Crippen molar-refractivity contribution in [3.05, 3.63) is 89.5 Å². The minimum atomic E-state index is 0.0389. The van der Waals surface area contributed by atoms with Gasteiger partial charge < -0.3 is 15.4 Å². The molecule has 0 unspecified atom stereocenters. The standard InChI is InChI=1S/C26H30N2O2/c1-19(2)15-26(29)28-24-9-6-8-23(16-24)27-17-22-7-4-5-10-25(22)30-18-21-13-11-20(3)12-14-21/h4-14,16,19,27H,15,17-18H2,1-3H3,(H,28,29). The number of carbonyl (C=O) groups excluding carboxylic acids is 1. The average molecular weight is 403 g/mol. The molecule has 0 aliphatic rings. The predicted molar refractivity (Wildman–Crippen MR) is 124 cm³/mol. The number of para-hydroxylation sites is 1. The van der Waals surface area contributed by atoms with E-state index < -0.39 is 0 Å². The Morgan fingerprint density at radius 2 is 1.67 bits per heavy atom. The Bertz CT molecular complexity index is 965. The molecule has 0 atom stereocenters. The summed E-state index contributed by atoms with van der Waals surface area (Å²) in [6, 6.07) is 24.2. The molecule has 0 saturated carbocycles. The molecule has 1 amide bonds. The first-order valence-electron chi connectivity index (χ1n) is 10.4. The molecule has 0 fully saturated rings. The number of anilines is 2. The van der Waals surface area contributed by atoms with Crippen LogP contribution in [0.15, 0.2) is 72.8 Å². The number of amides is 1. The molecule has 0 bridgehead atoms. The highest BCUT2D eigenvalue weighted by Crippen LogP contribution is 2.22. The van der Waals surface area contributed by atoms with E-state index in [0.717, 1.165) is 28.3 Å². The van der Waals surface area contributed by atoms with Crippen LogP contribution in [0.1, 0.15) is 37.0 Å². The Kier molecular flexibility index (Phi) is 7.50. The van der Waals surface area contributed by atoms with Crippen molar-refractivity contribution in [2.75, 3.05) is 10.6 Å². The van der Waals surface area contributed by atoms with Gasteiger partial charge in [-0.3, -0.25) is 4.79 Å². The minimum Gasteiger partial charge on any atom is -0.489 e. The zero-order valence-corrected chi connectivity index (χ0v) is 17.9. The maximum Gasteiger partial charge on any atom is 0.224 e. The van der Waals surface area contributed by atoms with Gasteiger partial charge in [0.25, 0.3) is 0 Å². The number of hydrogen-bond donors (Lipinski definition) is 2. The highest BCUT2D eigenvalue weighted by Gasteiger charge is 2.07. The Morgan fingerprint density at radius 3 is 2.43 bits per heavy atom. The van der Waals surface area contributed by atoms with Crippen molar-refractivity contribution in [3.63, 3.8) is 0 Å². The van der Waals surface area contributed by atoms with Crippen molar-refractivity contribution in [2.45, 2.75) is 40.3 Å². The van der Waals surface area contributed by atoms with Crippen molar-refractivity contribution in [1.29, 1.82) is 0 Å². The van der Waals surface area contributed by atoms with Crippen LogP contribution < -0.4 is 15.4 Å². The quantitative estimate of drug-likeness (QED) is 0.450. The lowest BCUT2D eigenvalue weighted by atomic mass is 10.1. The van der Waals surface area contributed by atoms with Crippen LogP contribution in [0.5, 0.6) is 5.75 Å². The summed E-state index contributed by atoms with van der Waals surface area (Å²) in [4.78, 5) is 12.0. The monoisotopic (exact) mass is 402 g/mol. The third kappa shape index (κ3) is 6.66. The molecule has 0 spiro atoms. The van der Waals surface area contributed by atoms with Gasteiger partial charge in [-0.2, -0.15) is 0 Å². The summed E-state index contributed by atoms with van der Waals surface area (Å²) in [6.07, 6.45) is 0.517. The predicted octanol–water partition coefficient (Wildman–Crippen LogP) is 6.17. The molecule has 156 valence electrons. The highest BCUT2D eigenvalue weighted by atomic mass is 16.5. The number of ether oxygens (including phenoxy) is 1. The highest BCUT2D eigenvalue weighted by molar-refractivity contribution is 5.91. The zero-order chi connectivity index (χ0) is 21.3. The summed E-state index contributed by atoms with van der Waals surface area (Å²) in [5, 5.41) is 6.39. The summed E-state index contributed by atoms with van der Waals surface area (Å²) in [5.74, 6) is 1.24. The second kappa shape index (κ2) is 10.5. The number of rotatable bonds is 9. The van der Waals surface area contributed by atoms with Crippen LogP contribution in [0.25, 0.3) is 0 Å². The third-order valence-corrected chi connectivity index (χ3v) is 4.71. The number of aryl methyl sites for hydroxylation is 1. The first-order chi connectivity index (χ1) is 14.5. The van der Waals surface area contributed by atoms with Gasteiger partial charge in [0.1, 0.15) is 12.4 Å². The van der Waals surface area contributed by atoms with E-state index in [1.807, 2.05) is 56.3 Å². The molecule has 3 aromatic rings. The van der Waals surface area contributed by atoms with Gasteiger partial charge >= 0.3 is 0 Å². The van der Waals surface area contributed by atoms with Crippen LogP contribution in [0.3, 0.4) is 0 Å². The minimum absolute atomic E-state index is 0.0389. The molecule has 4 nitrogen and oxygen atoms in total. The van der Waals surface area contributed by atoms with Gasteiger partial charge in [-0.25, -0.2) is 0 Å². The fraction of sp³-hybridized carbons (Fsp3) is 0.269. The van der Waals surface area contributed by atoms with E-state index in [-0.39, 0.29) is 5.91 Å². The zero-order valence-electron chi connectivity index (χ0n) is 17.9. The fourth-order valence-corrected chi connectivity index (χ4v) is 3.12. The van der Waals surface area contributed by atoms with Crippen molar-refractivity contribution in [3.8, 4) is 5.75 Å². The van der Waals surface area contributed by atoms with Crippen molar-refractivity contribution in [2.24, 2.45) is 5.92 Å². The third-order valence-electron chi connectivity index (χ3n) is 4.71. The molecule has 2 N–H and O–H groups in total. The summed E-state index contributed by atoms with van der Waals surface area (Å²) >= 11 is 0. The van der Waals surface area contributed by atoms with E-state index in [4.69, 9.17) is 4.74 Å². The molecule has 4 heteroatoms. The molecule has 0 saturated heterocycles. The summed E-state index contributed by atoms with van der Waals surface area (Å²) < 4.78 is 6.07. The van der Waals surface area contributed by atoms with E-state index in [9.17, 15) is 4.79 Å². The Morgan fingerprint density at radius 1 is 0.933 bits per heavy atom. The second-order valence-corrected chi connectivity index (χ2v) is 7.96.